The summed E-state index contributed by atoms with van der Waals surface area (Å²) in [5.41, 5.74) is 5.12. The first kappa shape index (κ1) is 10.5. The number of hydrogen-bond acceptors (Lipinski definition) is 4. The number of benzene rings is 1. The first-order valence-corrected chi connectivity index (χ1v) is 5.45. The van der Waals surface area contributed by atoms with Gasteiger partial charge in [-0.3, -0.25) is 0 Å². The Morgan fingerprint density at radius 1 is 1.36 bits per heavy atom. The molecular formula is C8H10N2O3S. The van der Waals surface area contributed by atoms with E-state index in [-0.39, 0.29) is 10.7 Å². The molecule has 0 fully saturated rings. The van der Waals surface area contributed by atoms with E-state index >= 15 is 0 Å². The van der Waals surface area contributed by atoms with E-state index < -0.39 is 15.6 Å². The number of rotatable bonds is 3. The molecule has 1 aromatic rings. The Bertz CT molecular complexity index is 425. The molecule has 14 heavy (non-hydrogen) atoms. The number of hydrogen-bond donors (Lipinski definition) is 2. The molecule has 0 amide bonds. The highest BCUT2D eigenvalue weighted by Gasteiger charge is 2.15. The van der Waals surface area contributed by atoms with Gasteiger partial charge < -0.3 is 10.9 Å². The number of nitrogens with two attached hydrogens (primary N) is 1. The van der Waals surface area contributed by atoms with Crippen LogP contribution in [0.25, 0.3) is 0 Å². The lowest BCUT2D eigenvalue weighted by Crippen LogP contribution is -2.23. The second-order valence-electron chi connectivity index (χ2n) is 2.66. The summed E-state index contributed by atoms with van der Waals surface area (Å²) < 4.78 is 23.1. The van der Waals surface area contributed by atoms with Gasteiger partial charge in [-0.1, -0.05) is 23.4 Å². The molecule has 1 rings (SSSR count). The molecule has 0 bridgehead atoms. The third-order valence-electron chi connectivity index (χ3n) is 1.57. The molecule has 5 nitrogen and oxygen atoms in total. The Balaban J connectivity index is 2.99. The fourth-order valence-electron chi connectivity index (χ4n) is 0.935. The summed E-state index contributed by atoms with van der Waals surface area (Å²) in [4.78, 5) is 0.159. The van der Waals surface area contributed by atoms with Gasteiger partial charge >= 0.3 is 0 Å². The van der Waals surface area contributed by atoms with Gasteiger partial charge in [0.05, 0.1) is 4.90 Å². The molecule has 0 saturated carbocycles. The second kappa shape index (κ2) is 4.10. The van der Waals surface area contributed by atoms with Crippen LogP contribution in [0.5, 0.6) is 0 Å². The predicted molar refractivity (Wildman–Crippen MR) is 51.9 cm³/mol. The van der Waals surface area contributed by atoms with E-state index in [0.717, 1.165) is 0 Å². The molecule has 3 N–H and O–H groups in total. The lowest BCUT2D eigenvalue weighted by Gasteiger charge is -2.01. The van der Waals surface area contributed by atoms with Crippen LogP contribution in [0, 0.1) is 0 Å². The van der Waals surface area contributed by atoms with Crippen LogP contribution in [0.1, 0.15) is 0 Å². The molecule has 1 aromatic carbocycles. The number of oxime groups is 1. The third kappa shape index (κ3) is 2.46. The van der Waals surface area contributed by atoms with Crippen molar-refractivity contribution in [1.82, 2.24) is 0 Å². The largest absolute Gasteiger partial charge is 0.409 e. The van der Waals surface area contributed by atoms with Gasteiger partial charge in [0.25, 0.3) is 0 Å². The zero-order chi connectivity index (χ0) is 10.6. The Hall–Kier alpha value is -1.56. The fourth-order valence-corrected chi connectivity index (χ4v) is 2.12. The maximum atomic E-state index is 11.5. The van der Waals surface area contributed by atoms with E-state index in [0.29, 0.717) is 0 Å². The van der Waals surface area contributed by atoms with E-state index in [1.807, 2.05) is 0 Å². The van der Waals surface area contributed by atoms with Crippen molar-refractivity contribution < 1.29 is 13.6 Å². The summed E-state index contributed by atoms with van der Waals surface area (Å²) in [6.07, 6.45) is 0. The Labute approximate surface area is 81.8 Å². The maximum Gasteiger partial charge on any atom is 0.185 e. The van der Waals surface area contributed by atoms with Crippen LogP contribution in [0.15, 0.2) is 40.4 Å². The van der Waals surface area contributed by atoms with E-state index in [1.54, 1.807) is 18.2 Å². The quantitative estimate of drug-likeness (QED) is 0.325. The van der Waals surface area contributed by atoms with Crippen molar-refractivity contribution in [1.29, 1.82) is 0 Å². The van der Waals surface area contributed by atoms with Crippen LogP contribution < -0.4 is 5.73 Å². The van der Waals surface area contributed by atoms with Crippen molar-refractivity contribution in [2.75, 3.05) is 5.75 Å². The van der Waals surface area contributed by atoms with Crippen LogP contribution in [0.3, 0.4) is 0 Å². The van der Waals surface area contributed by atoms with Gasteiger partial charge in [0.15, 0.2) is 15.7 Å². The summed E-state index contributed by atoms with van der Waals surface area (Å²) in [5, 5.41) is 10.9. The summed E-state index contributed by atoms with van der Waals surface area (Å²) in [6.45, 7) is 0. The van der Waals surface area contributed by atoms with Gasteiger partial charge in [-0.25, -0.2) is 8.42 Å². The minimum atomic E-state index is -3.49. The van der Waals surface area contributed by atoms with E-state index in [2.05, 4.69) is 5.16 Å². The number of nitrogens with zero attached hydrogens (tertiary/aromatic N) is 1. The molecule has 76 valence electrons. The van der Waals surface area contributed by atoms with Crippen LogP contribution in [0.4, 0.5) is 0 Å². The van der Waals surface area contributed by atoms with Crippen molar-refractivity contribution >= 4 is 15.7 Å². The second-order valence-corrected chi connectivity index (χ2v) is 4.65. The van der Waals surface area contributed by atoms with Gasteiger partial charge in [0.2, 0.25) is 0 Å². The van der Waals surface area contributed by atoms with Crippen LogP contribution >= 0.6 is 0 Å². The topological polar surface area (TPSA) is 92.8 Å². The minimum Gasteiger partial charge on any atom is -0.409 e. The first-order chi connectivity index (χ1) is 6.56. The van der Waals surface area contributed by atoms with Crippen molar-refractivity contribution in [3.63, 3.8) is 0 Å². The summed E-state index contributed by atoms with van der Waals surface area (Å²) >= 11 is 0. The molecule has 0 aliphatic heterocycles. The van der Waals surface area contributed by atoms with Crippen LogP contribution in [-0.4, -0.2) is 25.2 Å². The van der Waals surface area contributed by atoms with Crippen molar-refractivity contribution in [2.45, 2.75) is 4.90 Å². The van der Waals surface area contributed by atoms with Crippen molar-refractivity contribution in [3.8, 4) is 0 Å². The summed E-state index contributed by atoms with van der Waals surface area (Å²) in [5.74, 6) is -0.804. The predicted octanol–water partition coefficient (Wildman–Crippen LogP) is 0.207. The summed E-state index contributed by atoms with van der Waals surface area (Å²) in [6, 6.07) is 7.85. The molecule has 0 spiro atoms. The van der Waals surface area contributed by atoms with Crippen LogP contribution in [-0.2, 0) is 9.84 Å². The zero-order valence-corrected chi connectivity index (χ0v) is 8.11. The molecule has 0 aliphatic rings. The van der Waals surface area contributed by atoms with E-state index in [1.165, 1.54) is 12.1 Å². The molecule has 0 saturated heterocycles. The Morgan fingerprint density at radius 2 is 1.93 bits per heavy atom. The van der Waals surface area contributed by atoms with Gasteiger partial charge in [-0.2, -0.15) is 0 Å². The molecule has 0 aliphatic carbocycles. The molecule has 0 aromatic heterocycles. The Kier molecular flexibility index (Phi) is 3.08. The van der Waals surface area contributed by atoms with Gasteiger partial charge in [-0.05, 0) is 12.1 Å². The molecule has 0 heterocycles. The van der Waals surface area contributed by atoms with Crippen LogP contribution in [0.2, 0.25) is 0 Å². The van der Waals surface area contributed by atoms with E-state index in [9.17, 15) is 8.42 Å². The molecule has 0 unspecified atom stereocenters. The smallest absolute Gasteiger partial charge is 0.185 e. The average Bonchev–Trinajstić information content (AvgIpc) is 2.18. The average molecular weight is 214 g/mol. The molecular weight excluding hydrogens is 204 g/mol. The number of sulfone groups is 1. The first-order valence-electron chi connectivity index (χ1n) is 3.80. The molecule has 6 heteroatoms. The SMILES string of the molecule is N/C(CS(=O)(=O)c1ccccc1)=N\O. The van der Waals surface area contributed by atoms with E-state index in [4.69, 9.17) is 10.9 Å². The standard InChI is InChI=1S/C8H10N2O3S/c9-8(10-11)6-14(12,13)7-4-2-1-3-5-7/h1-5,11H,6H2,(H2,9,10). The maximum absolute atomic E-state index is 11.5. The number of amidine groups is 1. The monoisotopic (exact) mass is 214 g/mol. The normalized spacial score (nSPS) is 12.7. The zero-order valence-electron chi connectivity index (χ0n) is 7.29. The molecule has 0 radical (unpaired) electrons. The van der Waals surface area contributed by atoms with Crippen molar-refractivity contribution in [3.05, 3.63) is 30.3 Å². The highest BCUT2D eigenvalue weighted by molar-refractivity contribution is 7.92. The van der Waals surface area contributed by atoms with Gasteiger partial charge in [-0.15, -0.1) is 0 Å². The fraction of sp³-hybridized carbons (Fsp3) is 0.125. The molecule has 0 atom stereocenters. The summed E-state index contributed by atoms with van der Waals surface area (Å²) in [7, 11) is -3.49. The third-order valence-corrected chi connectivity index (χ3v) is 3.23. The Morgan fingerprint density at radius 3 is 2.43 bits per heavy atom. The van der Waals surface area contributed by atoms with Gasteiger partial charge in [0, 0.05) is 0 Å². The lowest BCUT2D eigenvalue weighted by molar-refractivity contribution is 0.318. The highest BCUT2D eigenvalue weighted by atomic mass is 32.2. The van der Waals surface area contributed by atoms with Crippen molar-refractivity contribution in [2.24, 2.45) is 10.9 Å². The van der Waals surface area contributed by atoms with Gasteiger partial charge in [0.1, 0.15) is 5.75 Å². The highest BCUT2D eigenvalue weighted by Crippen LogP contribution is 2.09. The minimum absolute atomic E-state index is 0.159. The lowest BCUT2D eigenvalue weighted by atomic mass is 10.4.